The lowest BCUT2D eigenvalue weighted by Gasteiger charge is -2.27. The lowest BCUT2D eigenvalue weighted by atomic mass is 9.88. The van der Waals surface area contributed by atoms with Gasteiger partial charge in [0.05, 0.1) is 27.4 Å². The van der Waals surface area contributed by atoms with E-state index in [4.69, 9.17) is 23.2 Å². The van der Waals surface area contributed by atoms with E-state index in [-0.39, 0.29) is 27.6 Å². The van der Waals surface area contributed by atoms with Gasteiger partial charge >= 0.3 is 0 Å². The van der Waals surface area contributed by atoms with Crippen LogP contribution in [0.4, 0.5) is 0 Å². The van der Waals surface area contributed by atoms with Crippen molar-refractivity contribution in [2.45, 2.75) is 44.8 Å². The molecule has 1 amide bonds. The van der Waals surface area contributed by atoms with Crippen LogP contribution in [0, 0.1) is 0 Å². The molecule has 1 unspecified atom stereocenters. The summed E-state index contributed by atoms with van der Waals surface area (Å²) in [6, 6.07) is 8.48. The summed E-state index contributed by atoms with van der Waals surface area (Å²) in [5.41, 5.74) is 5.01. The van der Waals surface area contributed by atoms with E-state index in [2.05, 4.69) is 44.9 Å². The minimum atomic E-state index is -0.317. The van der Waals surface area contributed by atoms with Crippen LogP contribution in [0.2, 0.25) is 10.0 Å². The monoisotopic (exact) mass is 454 g/mol. The summed E-state index contributed by atoms with van der Waals surface area (Å²) in [4.78, 5) is 20.9. The summed E-state index contributed by atoms with van der Waals surface area (Å²) in [6.07, 6.45) is 13.5. The zero-order valence-corrected chi connectivity index (χ0v) is 18.6. The molecule has 2 heterocycles. The Morgan fingerprint density at radius 2 is 1.77 bits per heavy atom. The number of aliphatic imine (C=N–C) groups is 1. The van der Waals surface area contributed by atoms with Gasteiger partial charge in [0.2, 0.25) is 0 Å². The van der Waals surface area contributed by atoms with E-state index in [0.717, 1.165) is 31.4 Å². The molecule has 7 heteroatoms. The first-order valence-electron chi connectivity index (χ1n) is 10.4. The molecule has 2 N–H and O–H groups in total. The van der Waals surface area contributed by atoms with E-state index in [1.54, 1.807) is 0 Å². The highest BCUT2D eigenvalue weighted by Crippen LogP contribution is 2.25. The van der Waals surface area contributed by atoms with Crippen LogP contribution in [-0.4, -0.2) is 22.6 Å². The molecule has 2 aromatic rings. The predicted molar refractivity (Wildman–Crippen MR) is 126 cm³/mol. The second kappa shape index (κ2) is 10.2. The highest BCUT2D eigenvalue weighted by molar-refractivity contribution is 6.39. The summed E-state index contributed by atoms with van der Waals surface area (Å²) < 4.78 is 0. The van der Waals surface area contributed by atoms with E-state index in [9.17, 15) is 4.79 Å². The number of allylic oxidation sites excluding steroid dienone is 2. The van der Waals surface area contributed by atoms with Gasteiger partial charge in [0.15, 0.2) is 0 Å². The van der Waals surface area contributed by atoms with E-state index in [1.165, 1.54) is 35.7 Å². The molecule has 0 spiro atoms. The molecular weight excluding hydrogens is 431 g/mol. The molecule has 5 nitrogen and oxygen atoms in total. The lowest BCUT2D eigenvalue weighted by Crippen LogP contribution is -2.39. The van der Waals surface area contributed by atoms with Gasteiger partial charge < -0.3 is 10.6 Å². The van der Waals surface area contributed by atoms with E-state index in [1.807, 2.05) is 18.3 Å². The Labute approximate surface area is 192 Å². The molecule has 1 aromatic carbocycles. The van der Waals surface area contributed by atoms with Gasteiger partial charge in [-0.15, -0.1) is 0 Å². The van der Waals surface area contributed by atoms with Gasteiger partial charge in [-0.1, -0.05) is 59.6 Å². The number of hydrogen-bond acceptors (Lipinski definition) is 4. The summed E-state index contributed by atoms with van der Waals surface area (Å²) in [5, 5.41) is 6.99. The number of carbonyl (C=O) groups is 1. The Hall–Kier alpha value is -2.47. The summed E-state index contributed by atoms with van der Waals surface area (Å²) in [6.45, 7) is 1.16. The average molecular weight is 455 g/mol. The Morgan fingerprint density at radius 1 is 1.06 bits per heavy atom. The number of hydrogen-bond donors (Lipinski definition) is 2. The molecule has 1 aromatic heterocycles. The van der Waals surface area contributed by atoms with Gasteiger partial charge in [-0.2, -0.15) is 0 Å². The topological polar surface area (TPSA) is 66.4 Å². The van der Waals surface area contributed by atoms with Crippen LogP contribution in [0.15, 0.2) is 65.6 Å². The number of rotatable bonds is 6. The predicted octanol–water partition coefficient (Wildman–Crippen LogP) is 5.25. The highest BCUT2D eigenvalue weighted by atomic mass is 35.5. The molecule has 0 radical (unpaired) electrons. The first kappa shape index (κ1) is 21.8. The van der Waals surface area contributed by atoms with Gasteiger partial charge in [-0.3, -0.25) is 14.8 Å². The Morgan fingerprint density at radius 3 is 2.52 bits per heavy atom. The molecule has 31 heavy (non-hydrogen) atoms. The van der Waals surface area contributed by atoms with E-state index >= 15 is 0 Å². The number of halogens is 2. The number of pyridine rings is 1. The van der Waals surface area contributed by atoms with Crippen molar-refractivity contribution < 1.29 is 4.79 Å². The smallest absolute Gasteiger partial charge is 0.254 e. The first-order chi connectivity index (χ1) is 15.1. The molecule has 1 saturated carbocycles. The molecule has 4 rings (SSSR count). The molecule has 0 saturated heterocycles. The minimum Gasteiger partial charge on any atom is -0.348 e. The van der Waals surface area contributed by atoms with Crippen molar-refractivity contribution in [2.24, 2.45) is 4.99 Å². The Balaban J connectivity index is 1.32. The second-order valence-corrected chi connectivity index (χ2v) is 8.48. The number of benzene rings is 1. The number of amides is 1. The van der Waals surface area contributed by atoms with Crippen molar-refractivity contribution >= 4 is 34.8 Å². The van der Waals surface area contributed by atoms with Crippen molar-refractivity contribution in [1.29, 1.82) is 0 Å². The maximum absolute atomic E-state index is 12.4. The first-order valence-corrected chi connectivity index (χ1v) is 11.2. The van der Waals surface area contributed by atoms with Crippen molar-refractivity contribution in [2.75, 3.05) is 0 Å². The second-order valence-electron chi connectivity index (χ2n) is 7.67. The fourth-order valence-corrected chi connectivity index (χ4v) is 4.42. The Bertz CT molecular complexity index is 1020. The third kappa shape index (κ3) is 5.42. The van der Waals surface area contributed by atoms with Crippen LogP contribution in [-0.2, 0) is 13.1 Å². The molecular formula is C24H24Cl2N4O. The van der Waals surface area contributed by atoms with Gasteiger partial charge in [0, 0.05) is 31.7 Å². The summed E-state index contributed by atoms with van der Waals surface area (Å²) in [7, 11) is 0. The van der Waals surface area contributed by atoms with Crippen LogP contribution in [0.1, 0.15) is 47.2 Å². The maximum atomic E-state index is 12.4. The molecule has 1 atom stereocenters. The normalized spacial score (nSPS) is 17.9. The van der Waals surface area contributed by atoms with E-state index in [0.29, 0.717) is 6.54 Å². The molecule has 1 aliphatic carbocycles. The van der Waals surface area contributed by atoms with Crippen LogP contribution < -0.4 is 10.6 Å². The van der Waals surface area contributed by atoms with Gasteiger partial charge in [-0.25, -0.2) is 0 Å². The van der Waals surface area contributed by atoms with Crippen molar-refractivity contribution in [3.63, 3.8) is 0 Å². The third-order valence-corrected chi connectivity index (χ3v) is 6.10. The molecule has 1 fully saturated rings. The third-order valence-electron chi connectivity index (χ3n) is 5.53. The zero-order chi connectivity index (χ0) is 21.6. The Kier molecular flexibility index (Phi) is 7.17. The zero-order valence-electron chi connectivity index (χ0n) is 17.1. The van der Waals surface area contributed by atoms with E-state index < -0.39 is 0 Å². The standard InChI is InChI=1S/C24H24Cl2N4O/c25-19-14-27-15-20(26)22(19)24(31)30-13-17-9-7-16(8-10-17)12-29-21-6-3-5-18-4-1-2-11-28-23(18)21/h2,4,7-11,14-15,21,29H,1,3,5-6,12-13H2,(H,30,31). The van der Waals surface area contributed by atoms with Gasteiger partial charge in [0.25, 0.3) is 5.91 Å². The number of nitrogens with zero attached hydrogens (tertiary/aromatic N) is 2. The minimum absolute atomic E-state index is 0.237. The van der Waals surface area contributed by atoms with Crippen molar-refractivity contribution in [3.8, 4) is 0 Å². The number of nitrogens with one attached hydrogen (secondary N) is 2. The van der Waals surface area contributed by atoms with Crippen LogP contribution in [0.25, 0.3) is 0 Å². The van der Waals surface area contributed by atoms with Gasteiger partial charge in [0.1, 0.15) is 0 Å². The fraction of sp³-hybridized carbons (Fsp3) is 0.292. The summed E-state index contributed by atoms with van der Waals surface area (Å²) >= 11 is 12.1. The van der Waals surface area contributed by atoms with Crippen molar-refractivity contribution in [1.82, 2.24) is 15.6 Å². The SMILES string of the molecule is O=C(NCc1ccc(CNC2CCCC3=CCC=CN=C32)cc1)c1c(Cl)cncc1Cl. The van der Waals surface area contributed by atoms with Crippen LogP contribution >= 0.6 is 23.2 Å². The number of fused-ring (bicyclic) bond motifs is 1. The lowest BCUT2D eigenvalue weighted by molar-refractivity contribution is 0.0951. The maximum Gasteiger partial charge on any atom is 0.254 e. The molecule has 160 valence electrons. The quantitative estimate of drug-likeness (QED) is 0.626. The van der Waals surface area contributed by atoms with Gasteiger partial charge in [-0.05, 0) is 42.4 Å². The fourth-order valence-electron chi connectivity index (χ4n) is 3.88. The van der Waals surface area contributed by atoms with Crippen molar-refractivity contribution in [3.05, 3.63) is 87.3 Å². The number of aromatic nitrogens is 1. The van der Waals surface area contributed by atoms with Crippen LogP contribution in [0.3, 0.4) is 0 Å². The molecule has 2 aliphatic rings. The highest BCUT2D eigenvalue weighted by Gasteiger charge is 2.24. The van der Waals surface area contributed by atoms with Crippen LogP contribution in [0.5, 0.6) is 0 Å². The summed E-state index contributed by atoms with van der Waals surface area (Å²) in [5.74, 6) is -0.317. The average Bonchev–Trinajstić information content (AvgIpc) is 3.03. The molecule has 0 bridgehead atoms. The molecule has 1 aliphatic heterocycles. The largest absolute Gasteiger partial charge is 0.348 e. The number of carbonyl (C=O) groups excluding carboxylic acids is 1.